The molecule has 1 aromatic heterocycles. The largest absolute Gasteiger partial charge is 0.384 e. The van der Waals surface area contributed by atoms with Crippen LogP contribution in [0, 0.1) is 11.3 Å². The normalized spacial score (nSPS) is 15.9. The molecule has 0 unspecified atom stereocenters. The molecule has 0 aliphatic carbocycles. The van der Waals surface area contributed by atoms with Crippen molar-refractivity contribution < 1.29 is 0 Å². The van der Waals surface area contributed by atoms with Gasteiger partial charge >= 0.3 is 0 Å². The van der Waals surface area contributed by atoms with E-state index < -0.39 is 0 Å². The van der Waals surface area contributed by atoms with Crippen molar-refractivity contribution >= 4 is 17.7 Å². The van der Waals surface area contributed by atoms with Gasteiger partial charge in [-0.3, -0.25) is 0 Å². The Kier molecular flexibility index (Phi) is 4.33. The summed E-state index contributed by atoms with van der Waals surface area (Å²) in [6, 6.07) is 21.7. The van der Waals surface area contributed by atoms with Gasteiger partial charge in [0.15, 0.2) is 0 Å². The summed E-state index contributed by atoms with van der Waals surface area (Å²) in [5.74, 6) is 1.64. The Bertz CT molecular complexity index is 988. The third kappa shape index (κ3) is 3.03. The lowest BCUT2D eigenvalue weighted by atomic mass is 9.98. The second-order valence-corrected chi connectivity index (χ2v) is 6.76. The molecular weight excluding hydrogens is 344 g/mol. The molecule has 0 amide bonds. The van der Waals surface area contributed by atoms with Gasteiger partial charge in [-0.2, -0.15) is 10.2 Å². The zero-order valence-electron chi connectivity index (χ0n) is 13.8. The number of benzene rings is 2. The van der Waals surface area contributed by atoms with Crippen LogP contribution in [0.15, 0.2) is 77.2 Å². The number of nitrogens with one attached hydrogen (secondary N) is 1. The van der Waals surface area contributed by atoms with E-state index in [1.165, 1.54) is 5.56 Å². The van der Waals surface area contributed by atoms with E-state index >= 15 is 0 Å². The van der Waals surface area contributed by atoms with E-state index in [4.69, 9.17) is 5.73 Å². The lowest BCUT2D eigenvalue weighted by Crippen LogP contribution is -2.28. The molecule has 0 spiro atoms. The van der Waals surface area contributed by atoms with Crippen molar-refractivity contribution in [3.8, 4) is 6.07 Å². The number of allylic oxidation sites excluding steroid dienone is 1. The SMILES string of the molecule is N#CC1=C(N)Nc2nc(SCc3ccccc3)nn2[C@@H]1c1ccccc1. The smallest absolute Gasteiger partial charge is 0.228 e. The van der Waals surface area contributed by atoms with Gasteiger partial charge in [-0.05, 0) is 11.1 Å². The van der Waals surface area contributed by atoms with E-state index in [0.717, 1.165) is 11.3 Å². The number of hydrogen-bond acceptors (Lipinski definition) is 6. The number of fused-ring (bicyclic) bond motifs is 1. The molecule has 2 heterocycles. The molecule has 1 aliphatic heterocycles. The highest BCUT2D eigenvalue weighted by Gasteiger charge is 2.31. The van der Waals surface area contributed by atoms with Gasteiger partial charge in [-0.25, -0.2) is 4.68 Å². The van der Waals surface area contributed by atoms with Crippen LogP contribution in [0.4, 0.5) is 5.95 Å². The maximum Gasteiger partial charge on any atom is 0.228 e. The van der Waals surface area contributed by atoms with Crippen LogP contribution in [0.1, 0.15) is 17.2 Å². The van der Waals surface area contributed by atoms with Crippen LogP contribution < -0.4 is 11.1 Å². The van der Waals surface area contributed by atoms with Gasteiger partial charge in [0.1, 0.15) is 17.9 Å². The molecule has 0 radical (unpaired) electrons. The average Bonchev–Trinajstić information content (AvgIpc) is 3.09. The van der Waals surface area contributed by atoms with Gasteiger partial charge in [0.25, 0.3) is 0 Å². The quantitative estimate of drug-likeness (QED) is 0.694. The van der Waals surface area contributed by atoms with Crippen molar-refractivity contribution in [1.29, 1.82) is 5.26 Å². The molecule has 0 saturated carbocycles. The summed E-state index contributed by atoms with van der Waals surface area (Å²) in [6.07, 6.45) is 0. The average molecular weight is 360 g/mol. The van der Waals surface area contributed by atoms with E-state index in [1.54, 1.807) is 16.4 Å². The molecule has 1 aliphatic rings. The Hall–Kier alpha value is -3.24. The molecule has 128 valence electrons. The van der Waals surface area contributed by atoms with Crippen LogP contribution in [0.25, 0.3) is 0 Å². The summed E-state index contributed by atoms with van der Waals surface area (Å²) >= 11 is 1.55. The van der Waals surface area contributed by atoms with Gasteiger partial charge in [-0.1, -0.05) is 72.4 Å². The summed E-state index contributed by atoms with van der Waals surface area (Å²) in [7, 11) is 0. The van der Waals surface area contributed by atoms with Crippen molar-refractivity contribution in [2.45, 2.75) is 17.0 Å². The van der Waals surface area contributed by atoms with Gasteiger partial charge in [0.2, 0.25) is 11.1 Å². The van der Waals surface area contributed by atoms with Crippen molar-refractivity contribution in [3.05, 3.63) is 83.2 Å². The monoisotopic (exact) mass is 360 g/mol. The molecule has 7 heteroatoms. The van der Waals surface area contributed by atoms with Crippen LogP contribution in [0.2, 0.25) is 0 Å². The van der Waals surface area contributed by atoms with Gasteiger partial charge in [-0.15, -0.1) is 5.10 Å². The summed E-state index contributed by atoms with van der Waals surface area (Å²) in [4.78, 5) is 4.54. The fourth-order valence-electron chi connectivity index (χ4n) is 2.87. The molecule has 0 bridgehead atoms. The molecule has 3 N–H and O–H groups in total. The predicted molar refractivity (Wildman–Crippen MR) is 101 cm³/mol. The third-order valence-electron chi connectivity index (χ3n) is 4.11. The highest BCUT2D eigenvalue weighted by molar-refractivity contribution is 7.98. The second-order valence-electron chi connectivity index (χ2n) is 5.81. The Morgan fingerprint density at radius 2 is 1.81 bits per heavy atom. The number of thioether (sulfide) groups is 1. The molecule has 1 atom stereocenters. The maximum absolute atomic E-state index is 9.58. The molecule has 6 nitrogen and oxygen atoms in total. The first-order chi connectivity index (χ1) is 12.8. The van der Waals surface area contributed by atoms with Crippen molar-refractivity contribution in [1.82, 2.24) is 14.8 Å². The maximum atomic E-state index is 9.58. The Morgan fingerprint density at radius 3 is 2.50 bits per heavy atom. The highest BCUT2D eigenvalue weighted by Crippen LogP contribution is 2.34. The van der Waals surface area contributed by atoms with Gasteiger partial charge in [0.05, 0.1) is 5.57 Å². The van der Waals surface area contributed by atoms with Crippen molar-refractivity contribution in [2.24, 2.45) is 5.73 Å². The predicted octanol–water partition coefficient (Wildman–Crippen LogP) is 3.28. The molecule has 4 rings (SSSR count). The van der Waals surface area contributed by atoms with E-state index in [0.29, 0.717) is 22.5 Å². The Labute approximate surface area is 155 Å². The Balaban J connectivity index is 1.67. The van der Waals surface area contributed by atoms with Crippen LogP contribution in [-0.4, -0.2) is 14.8 Å². The molecule has 26 heavy (non-hydrogen) atoms. The third-order valence-corrected chi connectivity index (χ3v) is 5.02. The number of anilines is 1. The standard InChI is InChI=1S/C19H16N6S/c20-11-15-16(14-9-5-2-6-10-14)25-18(22-17(15)21)23-19(24-25)26-12-13-7-3-1-4-8-13/h1-10,16H,12,21H2,(H,22,23,24)/t16-/m1/s1. The molecule has 0 saturated heterocycles. The van der Waals surface area contributed by atoms with E-state index in [2.05, 4.69) is 33.6 Å². The number of nitrogens with zero attached hydrogens (tertiary/aromatic N) is 4. The van der Waals surface area contributed by atoms with E-state index in [1.807, 2.05) is 48.5 Å². The minimum atomic E-state index is -0.379. The summed E-state index contributed by atoms with van der Waals surface area (Å²) < 4.78 is 1.73. The van der Waals surface area contributed by atoms with Gasteiger partial charge < -0.3 is 11.1 Å². The van der Waals surface area contributed by atoms with Crippen LogP contribution >= 0.6 is 11.8 Å². The number of nitriles is 1. The number of rotatable bonds is 4. The zero-order valence-corrected chi connectivity index (χ0v) is 14.6. The fourth-order valence-corrected chi connectivity index (χ4v) is 3.66. The highest BCUT2D eigenvalue weighted by atomic mass is 32.2. The summed E-state index contributed by atoms with van der Waals surface area (Å²) in [6.45, 7) is 0. The first-order valence-electron chi connectivity index (χ1n) is 8.11. The summed E-state index contributed by atoms with van der Waals surface area (Å²) in [5.41, 5.74) is 8.65. The molecule has 0 fully saturated rings. The van der Waals surface area contributed by atoms with Crippen LogP contribution in [-0.2, 0) is 5.75 Å². The number of aromatic nitrogens is 3. The first-order valence-corrected chi connectivity index (χ1v) is 9.10. The summed E-state index contributed by atoms with van der Waals surface area (Å²) in [5, 5.41) is 17.8. The first kappa shape index (κ1) is 16.2. The number of hydrogen-bond donors (Lipinski definition) is 2. The second kappa shape index (κ2) is 6.94. The van der Waals surface area contributed by atoms with Crippen LogP contribution in [0.5, 0.6) is 0 Å². The lowest BCUT2D eigenvalue weighted by Gasteiger charge is -2.25. The van der Waals surface area contributed by atoms with Crippen molar-refractivity contribution in [3.63, 3.8) is 0 Å². The molecule has 3 aromatic rings. The molecule has 2 aromatic carbocycles. The Morgan fingerprint density at radius 1 is 1.12 bits per heavy atom. The van der Waals surface area contributed by atoms with Crippen LogP contribution in [0.3, 0.4) is 0 Å². The van der Waals surface area contributed by atoms with E-state index in [9.17, 15) is 5.26 Å². The number of nitrogens with two attached hydrogens (primary N) is 1. The van der Waals surface area contributed by atoms with E-state index in [-0.39, 0.29) is 6.04 Å². The zero-order chi connectivity index (χ0) is 17.9. The van der Waals surface area contributed by atoms with Crippen molar-refractivity contribution in [2.75, 3.05) is 5.32 Å². The minimum Gasteiger partial charge on any atom is -0.384 e. The lowest BCUT2D eigenvalue weighted by molar-refractivity contribution is 0.574. The van der Waals surface area contributed by atoms with Gasteiger partial charge in [0, 0.05) is 5.75 Å². The minimum absolute atomic E-state index is 0.320. The topological polar surface area (TPSA) is 92.6 Å². The molecular formula is C19H16N6S. The fraction of sp³-hybridized carbons (Fsp3) is 0.105.